The van der Waals surface area contributed by atoms with E-state index in [2.05, 4.69) is 9.71 Å². The van der Waals surface area contributed by atoms with E-state index in [1.165, 1.54) is 18.5 Å². The van der Waals surface area contributed by atoms with E-state index >= 15 is 0 Å². The molecule has 0 radical (unpaired) electrons. The molecule has 6 nitrogen and oxygen atoms in total. The Bertz CT molecular complexity index is 560. The number of hydrogen-bond acceptors (Lipinski definition) is 4. The molecule has 2 heterocycles. The third-order valence-corrected chi connectivity index (χ3v) is 4.52. The van der Waals surface area contributed by atoms with Gasteiger partial charge in [-0.15, -0.1) is 0 Å². The van der Waals surface area contributed by atoms with Crippen molar-refractivity contribution in [3.63, 3.8) is 0 Å². The van der Waals surface area contributed by atoms with Crippen LogP contribution in [0.15, 0.2) is 28.2 Å². The average molecular weight is 272 g/mol. The van der Waals surface area contributed by atoms with Gasteiger partial charge in [-0.05, 0) is 19.8 Å². The van der Waals surface area contributed by atoms with Crippen molar-refractivity contribution in [2.24, 2.45) is 0 Å². The SMILES string of the molecule is CC(NS(=O)(=O)c1c[nH]ccc1=O)C1CCCO1. The second-order valence-electron chi connectivity index (χ2n) is 4.33. The Labute approximate surface area is 105 Å². The van der Waals surface area contributed by atoms with Crippen LogP contribution in [0.1, 0.15) is 19.8 Å². The third kappa shape index (κ3) is 2.80. The van der Waals surface area contributed by atoms with Gasteiger partial charge in [0.05, 0.1) is 6.10 Å². The molecule has 2 rings (SSSR count). The molecule has 0 saturated carbocycles. The van der Waals surface area contributed by atoms with Crippen LogP contribution in [0.2, 0.25) is 0 Å². The summed E-state index contributed by atoms with van der Waals surface area (Å²) in [6, 6.07) is 0.836. The smallest absolute Gasteiger partial charge is 0.246 e. The molecule has 1 aromatic rings. The highest BCUT2D eigenvalue weighted by atomic mass is 32.2. The first-order valence-electron chi connectivity index (χ1n) is 5.82. The summed E-state index contributed by atoms with van der Waals surface area (Å²) in [7, 11) is -3.80. The van der Waals surface area contributed by atoms with E-state index in [0.29, 0.717) is 6.61 Å². The van der Waals surface area contributed by atoms with Gasteiger partial charge in [-0.2, -0.15) is 0 Å². The van der Waals surface area contributed by atoms with Gasteiger partial charge in [0, 0.05) is 31.1 Å². The maximum absolute atomic E-state index is 12.0. The molecule has 1 aromatic heterocycles. The van der Waals surface area contributed by atoms with Crippen LogP contribution in [-0.4, -0.2) is 32.2 Å². The topological polar surface area (TPSA) is 88.3 Å². The molecule has 0 bridgehead atoms. The summed E-state index contributed by atoms with van der Waals surface area (Å²) in [4.78, 5) is 13.8. The number of nitrogens with one attached hydrogen (secondary N) is 2. The lowest BCUT2D eigenvalue weighted by atomic mass is 10.1. The van der Waals surface area contributed by atoms with Crippen LogP contribution in [0, 0.1) is 0 Å². The van der Waals surface area contributed by atoms with E-state index in [9.17, 15) is 13.2 Å². The Morgan fingerprint density at radius 3 is 2.94 bits per heavy atom. The second-order valence-corrected chi connectivity index (χ2v) is 6.02. The molecule has 1 aliphatic heterocycles. The number of aromatic amines is 1. The molecule has 2 N–H and O–H groups in total. The van der Waals surface area contributed by atoms with E-state index in [4.69, 9.17) is 4.74 Å². The van der Waals surface area contributed by atoms with E-state index in [1.807, 2.05) is 0 Å². The number of ether oxygens (including phenoxy) is 1. The van der Waals surface area contributed by atoms with Crippen LogP contribution in [0.4, 0.5) is 0 Å². The number of H-pyrrole nitrogens is 1. The van der Waals surface area contributed by atoms with Gasteiger partial charge in [-0.1, -0.05) is 0 Å². The molecule has 0 amide bonds. The molecular weight excluding hydrogens is 256 g/mol. The molecule has 100 valence electrons. The first-order chi connectivity index (χ1) is 8.50. The number of aromatic nitrogens is 1. The molecule has 0 aliphatic carbocycles. The Hall–Kier alpha value is -1.18. The standard InChI is InChI=1S/C11H16N2O4S/c1-8(10-3-2-6-17-10)13-18(15,16)11-7-12-5-4-9(11)14/h4-5,7-8,10,13H,2-3,6H2,1H3,(H,12,14). The first kappa shape index (κ1) is 13.3. The van der Waals surface area contributed by atoms with Gasteiger partial charge in [0.15, 0.2) is 0 Å². The normalized spacial score (nSPS) is 21.9. The Morgan fingerprint density at radius 2 is 2.33 bits per heavy atom. The molecule has 1 saturated heterocycles. The minimum absolute atomic E-state index is 0.123. The molecule has 2 unspecified atom stereocenters. The van der Waals surface area contributed by atoms with Crippen LogP contribution in [-0.2, 0) is 14.8 Å². The molecule has 7 heteroatoms. The molecule has 1 fully saturated rings. The summed E-state index contributed by atoms with van der Waals surface area (Å²) in [5, 5.41) is 0. The Balaban J connectivity index is 2.17. The zero-order valence-corrected chi connectivity index (χ0v) is 10.9. The molecule has 2 atom stereocenters. The van der Waals surface area contributed by atoms with Crippen molar-refractivity contribution in [3.8, 4) is 0 Å². The maximum Gasteiger partial charge on any atom is 0.246 e. The fourth-order valence-corrected chi connectivity index (χ4v) is 3.32. The van der Waals surface area contributed by atoms with Crippen LogP contribution < -0.4 is 10.2 Å². The lowest BCUT2D eigenvalue weighted by Crippen LogP contribution is -2.42. The van der Waals surface area contributed by atoms with Crippen LogP contribution >= 0.6 is 0 Å². The highest BCUT2D eigenvalue weighted by molar-refractivity contribution is 7.89. The fourth-order valence-electron chi connectivity index (χ4n) is 1.99. The summed E-state index contributed by atoms with van der Waals surface area (Å²) in [5.41, 5.74) is -0.527. The number of rotatable bonds is 4. The minimum atomic E-state index is -3.80. The lowest BCUT2D eigenvalue weighted by Gasteiger charge is -2.19. The van der Waals surface area contributed by atoms with Crippen molar-refractivity contribution >= 4 is 10.0 Å². The molecule has 1 aliphatic rings. The van der Waals surface area contributed by atoms with Gasteiger partial charge in [-0.3, -0.25) is 4.79 Å². The average Bonchev–Trinajstić information content (AvgIpc) is 2.82. The van der Waals surface area contributed by atoms with Crippen molar-refractivity contribution < 1.29 is 13.2 Å². The summed E-state index contributed by atoms with van der Waals surface area (Å²) < 4.78 is 32.0. The van der Waals surface area contributed by atoms with Crippen molar-refractivity contribution in [2.45, 2.75) is 36.8 Å². The quantitative estimate of drug-likeness (QED) is 0.820. The van der Waals surface area contributed by atoms with Gasteiger partial charge < -0.3 is 9.72 Å². The van der Waals surface area contributed by atoms with Gasteiger partial charge in [0.25, 0.3) is 0 Å². The summed E-state index contributed by atoms with van der Waals surface area (Å²) in [5.74, 6) is 0. The van der Waals surface area contributed by atoms with Gasteiger partial charge >= 0.3 is 0 Å². The lowest BCUT2D eigenvalue weighted by molar-refractivity contribution is 0.0902. The summed E-state index contributed by atoms with van der Waals surface area (Å²) in [6.45, 7) is 2.40. The van der Waals surface area contributed by atoms with Gasteiger partial charge in [0.2, 0.25) is 15.5 Å². The zero-order chi connectivity index (χ0) is 13.2. The molecular formula is C11H16N2O4S. The second kappa shape index (κ2) is 5.21. The van der Waals surface area contributed by atoms with E-state index in [1.54, 1.807) is 6.92 Å². The van der Waals surface area contributed by atoms with E-state index in [-0.39, 0.29) is 17.0 Å². The highest BCUT2D eigenvalue weighted by Gasteiger charge is 2.27. The van der Waals surface area contributed by atoms with Crippen molar-refractivity contribution in [2.75, 3.05) is 6.61 Å². The van der Waals surface area contributed by atoms with Crippen LogP contribution in [0.5, 0.6) is 0 Å². The van der Waals surface area contributed by atoms with E-state index in [0.717, 1.165) is 12.8 Å². The number of pyridine rings is 1. The first-order valence-corrected chi connectivity index (χ1v) is 7.30. The van der Waals surface area contributed by atoms with Crippen LogP contribution in [0.25, 0.3) is 0 Å². The monoisotopic (exact) mass is 272 g/mol. The predicted molar refractivity (Wildman–Crippen MR) is 65.8 cm³/mol. The fraction of sp³-hybridized carbons (Fsp3) is 0.545. The van der Waals surface area contributed by atoms with Crippen molar-refractivity contribution in [1.82, 2.24) is 9.71 Å². The van der Waals surface area contributed by atoms with Crippen molar-refractivity contribution in [1.29, 1.82) is 0 Å². The molecule has 0 aromatic carbocycles. The minimum Gasteiger partial charge on any atom is -0.377 e. The summed E-state index contributed by atoms with van der Waals surface area (Å²) >= 11 is 0. The number of sulfonamides is 1. The Kier molecular flexibility index (Phi) is 3.84. The van der Waals surface area contributed by atoms with Gasteiger partial charge in [-0.25, -0.2) is 13.1 Å². The largest absolute Gasteiger partial charge is 0.377 e. The predicted octanol–water partition coefficient (Wildman–Crippen LogP) is 0.221. The van der Waals surface area contributed by atoms with Crippen molar-refractivity contribution in [3.05, 3.63) is 28.7 Å². The van der Waals surface area contributed by atoms with Gasteiger partial charge in [0.1, 0.15) is 4.90 Å². The van der Waals surface area contributed by atoms with E-state index < -0.39 is 15.5 Å². The molecule has 18 heavy (non-hydrogen) atoms. The highest BCUT2D eigenvalue weighted by Crippen LogP contribution is 2.16. The maximum atomic E-state index is 12.0. The third-order valence-electron chi connectivity index (χ3n) is 2.94. The number of hydrogen-bond donors (Lipinski definition) is 2. The van der Waals surface area contributed by atoms with Crippen LogP contribution in [0.3, 0.4) is 0 Å². The zero-order valence-electron chi connectivity index (χ0n) is 10.0. The Morgan fingerprint density at radius 1 is 1.56 bits per heavy atom. The summed E-state index contributed by atoms with van der Waals surface area (Å²) in [6.07, 6.45) is 4.22. The molecule has 0 spiro atoms.